The Balaban J connectivity index is 2.10. The van der Waals surface area contributed by atoms with Crippen molar-refractivity contribution < 1.29 is 9.53 Å². The molecule has 0 radical (unpaired) electrons. The molecule has 0 spiro atoms. The Morgan fingerprint density at radius 1 is 1.11 bits per heavy atom. The van der Waals surface area contributed by atoms with Gasteiger partial charge in [0.05, 0.1) is 5.02 Å². The summed E-state index contributed by atoms with van der Waals surface area (Å²) in [4.78, 5) is 11.0. The van der Waals surface area contributed by atoms with E-state index < -0.39 is 5.24 Å². The Morgan fingerprint density at radius 3 is 2.53 bits per heavy atom. The van der Waals surface area contributed by atoms with Crippen molar-refractivity contribution in [3.8, 4) is 5.75 Å². The van der Waals surface area contributed by atoms with Crippen LogP contribution in [0.25, 0.3) is 0 Å². The molecule has 0 atom stereocenters. The van der Waals surface area contributed by atoms with Gasteiger partial charge in [-0.05, 0) is 47.5 Å². The highest BCUT2D eigenvalue weighted by Crippen LogP contribution is 2.27. The first-order valence-electron chi connectivity index (χ1n) is 5.43. The molecule has 2 nitrogen and oxygen atoms in total. The van der Waals surface area contributed by atoms with Crippen LogP contribution in [-0.4, -0.2) is 5.24 Å². The van der Waals surface area contributed by atoms with Crippen LogP contribution in [0.5, 0.6) is 5.75 Å². The van der Waals surface area contributed by atoms with Crippen LogP contribution in [-0.2, 0) is 6.61 Å². The van der Waals surface area contributed by atoms with Crippen LogP contribution in [0, 0.1) is 0 Å². The first-order chi connectivity index (χ1) is 9.06. The second-order valence-electron chi connectivity index (χ2n) is 3.84. The third kappa shape index (κ3) is 3.87. The van der Waals surface area contributed by atoms with Gasteiger partial charge in [-0.15, -0.1) is 0 Å². The summed E-state index contributed by atoms with van der Waals surface area (Å²) in [5, 5.41) is 0.437. The quantitative estimate of drug-likeness (QED) is 0.746. The molecule has 0 amide bonds. The highest BCUT2D eigenvalue weighted by molar-refractivity contribution is 6.67. The van der Waals surface area contributed by atoms with Gasteiger partial charge in [0, 0.05) is 10.6 Å². The van der Waals surface area contributed by atoms with Crippen LogP contribution in [0.2, 0.25) is 10.0 Å². The van der Waals surface area contributed by atoms with Gasteiger partial charge in [0.15, 0.2) is 0 Å². The summed E-state index contributed by atoms with van der Waals surface area (Å²) in [5.41, 5.74) is 1.27. The van der Waals surface area contributed by atoms with Crippen molar-refractivity contribution in [1.82, 2.24) is 0 Å². The number of carbonyl (C=O) groups is 1. The lowest BCUT2D eigenvalue weighted by Gasteiger charge is -2.09. The number of benzene rings is 2. The van der Waals surface area contributed by atoms with Gasteiger partial charge in [-0.1, -0.05) is 35.3 Å². The van der Waals surface area contributed by atoms with Crippen LogP contribution in [0.3, 0.4) is 0 Å². The predicted octanol–water partition coefficient (Wildman–Crippen LogP) is 4.95. The summed E-state index contributed by atoms with van der Waals surface area (Å²) in [6.07, 6.45) is 0. The third-order valence-electron chi connectivity index (χ3n) is 2.44. The molecule has 0 aliphatic heterocycles. The van der Waals surface area contributed by atoms with Gasteiger partial charge in [-0.2, -0.15) is 0 Å². The van der Waals surface area contributed by atoms with Gasteiger partial charge in [0.2, 0.25) is 0 Å². The van der Waals surface area contributed by atoms with Crippen LogP contribution in [0.15, 0.2) is 42.5 Å². The maximum atomic E-state index is 11.0. The molecule has 0 bridgehead atoms. The number of halogens is 3. The Labute approximate surface area is 125 Å². The highest BCUT2D eigenvalue weighted by atomic mass is 35.5. The molecule has 0 saturated heterocycles. The number of hydrogen-bond acceptors (Lipinski definition) is 2. The summed E-state index contributed by atoms with van der Waals surface area (Å²) >= 11 is 17.3. The van der Waals surface area contributed by atoms with E-state index in [1.54, 1.807) is 18.2 Å². The topological polar surface area (TPSA) is 26.3 Å². The molecule has 0 N–H and O–H groups in total. The fraction of sp³-hybridized carbons (Fsp3) is 0.0714. The van der Waals surface area contributed by atoms with E-state index in [4.69, 9.17) is 39.5 Å². The van der Waals surface area contributed by atoms with E-state index in [0.717, 1.165) is 5.56 Å². The Kier molecular flexibility index (Phi) is 4.70. The van der Waals surface area contributed by atoms with Gasteiger partial charge in [0.1, 0.15) is 12.4 Å². The number of ether oxygens (including phenoxy) is 1. The molecule has 2 rings (SSSR count). The van der Waals surface area contributed by atoms with E-state index in [2.05, 4.69) is 0 Å². The van der Waals surface area contributed by atoms with Crippen molar-refractivity contribution in [1.29, 1.82) is 0 Å². The SMILES string of the molecule is O=C(Cl)c1ccc(OCc2cccc(Cl)c2)c(Cl)c1. The summed E-state index contributed by atoms with van der Waals surface area (Å²) in [6, 6.07) is 12.0. The van der Waals surface area contributed by atoms with Gasteiger partial charge in [-0.25, -0.2) is 0 Å². The van der Waals surface area contributed by atoms with Crippen molar-refractivity contribution in [2.24, 2.45) is 0 Å². The van der Waals surface area contributed by atoms with Crippen molar-refractivity contribution >= 4 is 40.0 Å². The molecular formula is C14H9Cl3O2. The minimum Gasteiger partial charge on any atom is -0.487 e. The molecule has 0 aliphatic carbocycles. The average Bonchev–Trinajstić information content (AvgIpc) is 2.37. The standard InChI is InChI=1S/C14H9Cl3O2/c15-11-3-1-2-9(6-11)8-19-13-5-4-10(14(17)18)7-12(13)16/h1-7H,8H2. The normalized spacial score (nSPS) is 10.3. The molecule has 19 heavy (non-hydrogen) atoms. The van der Waals surface area contributed by atoms with E-state index in [-0.39, 0.29) is 0 Å². The molecule has 0 heterocycles. The summed E-state index contributed by atoms with van der Waals surface area (Å²) in [7, 11) is 0. The molecule has 0 aromatic heterocycles. The predicted molar refractivity (Wildman–Crippen MR) is 77.4 cm³/mol. The second-order valence-corrected chi connectivity index (χ2v) is 5.02. The first kappa shape index (κ1) is 14.2. The fourth-order valence-electron chi connectivity index (χ4n) is 1.53. The number of hydrogen-bond donors (Lipinski definition) is 0. The van der Waals surface area contributed by atoms with Gasteiger partial charge in [0.25, 0.3) is 5.24 Å². The molecule has 5 heteroatoms. The smallest absolute Gasteiger partial charge is 0.252 e. The maximum absolute atomic E-state index is 11.0. The molecule has 0 aliphatic rings. The van der Waals surface area contributed by atoms with Crippen molar-refractivity contribution in [3.63, 3.8) is 0 Å². The lowest BCUT2D eigenvalue weighted by Crippen LogP contribution is -1.97. The van der Waals surface area contributed by atoms with E-state index in [1.165, 1.54) is 6.07 Å². The molecule has 2 aromatic carbocycles. The largest absolute Gasteiger partial charge is 0.487 e. The molecule has 2 aromatic rings. The molecule has 0 fully saturated rings. The zero-order valence-electron chi connectivity index (χ0n) is 9.70. The number of carbonyl (C=O) groups excluding carboxylic acids is 1. The van der Waals surface area contributed by atoms with Crippen molar-refractivity contribution in [3.05, 3.63) is 63.6 Å². The lowest BCUT2D eigenvalue weighted by atomic mass is 10.2. The lowest BCUT2D eigenvalue weighted by molar-refractivity contribution is 0.108. The molecule has 0 unspecified atom stereocenters. The van der Waals surface area contributed by atoms with E-state index in [1.807, 2.05) is 18.2 Å². The third-order valence-corrected chi connectivity index (χ3v) is 3.19. The molecule has 98 valence electrons. The van der Waals surface area contributed by atoms with Gasteiger partial charge < -0.3 is 4.74 Å². The minimum absolute atomic E-state index is 0.335. The fourth-order valence-corrected chi connectivity index (χ4v) is 2.09. The Morgan fingerprint density at radius 2 is 1.89 bits per heavy atom. The van der Waals surface area contributed by atoms with Crippen LogP contribution in [0.1, 0.15) is 15.9 Å². The van der Waals surface area contributed by atoms with E-state index >= 15 is 0 Å². The first-order valence-corrected chi connectivity index (χ1v) is 6.56. The van der Waals surface area contributed by atoms with E-state index in [9.17, 15) is 4.79 Å². The van der Waals surface area contributed by atoms with Crippen LogP contribution in [0.4, 0.5) is 0 Å². The maximum Gasteiger partial charge on any atom is 0.252 e. The van der Waals surface area contributed by atoms with Gasteiger partial charge >= 0.3 is 0 Å². The number of rotatable bonds is 4. The average molecular weight is 316 g/mol. The second kappa shape index (κ2) is 6.29. The minimum atomic E-state index is -0.553. The summed E-state index contributed by atoms with van der Waals surface area (Å²) in [5.74, 6) is 0.489. The molecule has 0 saturated carbocycles. The van der Waals surface area contributed by atoms with Gasteiger partial charge in [-0.3, -0.25) is 4.79 Å². The Bertz CT molecular complexity index is 611. The zero-order valence-corrected chi connectivity index (χ0v) is 12.0. The monoisotopic (exact) mass is 314 g/mol. The van der Waals surface area contributed by atoms with Crippen LogP contribution < -0.4 is 4.74 Å². The van der Waals surface area contributed by atoms with Crippen molar-refractivity contribution in [2.45, 2.75) is 6.61 Å². The van der Waals surface area contributed by atoms with Crippen molar-refractivity contribution in [2.75, 3.05) is 0 Å². The molecular weight excluding hydrogens is 307 g/mol. The van der Waals surface area contributed by atoms with Crippen LogP contribution >= 0.6 is 34.8 Å². The zero-order chi connectivity index (χ0) is 13.8. The highest BCUT2D eigenvalue weighted by Gasteiger charge is 2.07. The van der Waals surface area contributed by atoms with E-state index in [0.29, 0.717) is 28.0 Å². The summed E-state index contributed by atoms with van der Waals surface area (Å²) in [6.45, 7) is 0.342. The Hall–Kier alpha value is -1.22. The summed E-state index contributed by atoms with van der Waals surface area (Å²) < 4.78 is 5.57.